The first-order valence-electron chi connectivity index (χ1n) is 4.14. The summed E-state index contributed by atoms with van der Waals surface area (Å²) >= 11 is 0. The van der Waals surface area contributed by atoms with Crippen molar-refractivity contribution in [3.63, 3.8) is 0 Å². The van der Waals surface area contributed by atoms with Gasteiger partial charge in [0.2, 0.25) is 10.0 Å². The Labute approximate surface area is 73.3 Å². The standard InChI is InChI=1S/C7H15NO3S/c1-3-11-6-4-7(5-6)12(9,10)8-2/h6-8H,3-5H2,1-2H3. The fourth-order valence-corrected chi connectivity index (χ4v) is 2.58. The van der Waals surface area contributed by atoms with Gasteiger partial charge in [-0.15, -0.1) is 0 Å². The summed E-state index contributed by atoms with van der Waals surface area (Å²) < 4.78 is 29.9. The first-order chi connectivity index (χ1) is 5.60. The van der Waals surface area contributed by atoms with Crippen LogP contribution in [0, 0.1) is 0 Å². The molecule has 5 heteroatoms. The van der Waals surface area contributed by atoms with Crippen molar-refractivity contribution in [2.24, 2.45) is 0 Å². The zero-order valence-corrected chi connectivity index (χ0v) is 8.23. The highest BCUT2D eigenvalue weighted by Gasteiger charge is 2.38. The number of hydrogen-bond donors (Lipinski definition) is 1. The molecule has 1 aliphatic rings. The number of hydrogen-bond acceptors (Lipinski definition) is 3. The predicted octanol–water partition coefficient (Wildman–Crippen LogP) is 0.103. The van der Waals surface area contributed by atoms with E-state index in [1.165, 1.54) is 7.05 Å². The monoisotopic (exact) mass is 193 g/mol. The molecule has 0 spiro atoms. The normalized spacial score (nSPS) is 29.8. The van der Waals surface area contributed by atoms with E-state index < -0.39 is 10.0 Å². The van der Waals surface area contributed by atoms with Crippen molar-refractivity contribution >= 4 is 10.0 Å². The van der Waals surface area contributed by atoms with Gasteiger partial charge in [-0.1, -0.05) is 0 Å². The summed E-state index contributed by atoms with van der Waals surface area (Å²) in [6.07, 6.45) is 1.43. The number of sulfonamides is 1. The SMILES string of the molecule is CCOC1CC(S(=O)(=O)NC)C1. The third-order valence-corrected chi connectivity index (χ3v) is 4.01. The Kier molecular flexibility index (Phi) is 3.09. The van der Waals surface area contributed by atoms with Gasteiger partial charge in [-0.05, 0) is 26.8 Å². The molecule has 0 aromatic rings. The minimum absolute atomic E-state index is 0.156. The van der Waals surface area contributed by atoms with Crippen LogP contribution in [0.1, 0.15) is 19.8 Å². The van der Waals surface area contributed by atoms with Gasteiger partial charge in [0, 0.05) is 6.61 Å². The summed E-state index contributed by atoms with van der Waals surface area (Å²) in [6.45, 7) is 2.58. The summed E-state index contributed by atoms with van der Waals surface area (Å²) in [5.74, 6) is 0. The Bertz CT molecular complexity index is 231. The van der Waals surface area contributed by atoms with E-state index in [1.54, 1.807) is 0 Å². The molecule has 0 unspecified atom stereocenters. The lowest BCUT2D eigenvalue weighted by atomic mass is 9.95. The fraction of sp³-hybridized carbons (Fsp3) is 1.00. The lowest BCUT2D eigenvalue weighted by Gasteiger charge is -2.33. The van der Waals surface area contributed by atoms with Crippen LogP contribution in [-0.2, 0) is 14.8 Å². The Morgan fingerprint density at radius 2 is 2.08 bits per heavy atom. The van der Waals surface area contributed by atoms with E-state index in [2.05, 4.69) is 4.72 Å². The molecule has 0 aromatic heterocycles. The van der Waals surface area contributed by atoms with Gasteiger partial charge >= 0.3 is 0 Å². The average Bonchev–Trinajstić information content (AvgIpc) is 1.95. The Hall–Kier alpha value is -0.130. The van der Waals surface area contributed by atoms with E-state index in [1.807, 2.05) is 6.92 Å². The lowest BCUT2D eigenvalue weighted by Crippen LogP contribution is -2.45. The molecular weight excluding hydrogens is 178 g/mol. The maximum Gasteiger partial charge on any atom is 0.214 e. The van der Waals surface area contributed by atoms with Gasteiger partial charge < -0.3 is 4.74 Å². The summed E-state index contributed by atoms with van der Waals surface area (Å²) in [4.78, 5) is 0. The highest BCUT2D eigenvalue weighted by Crippen LogP contribution is 2.28. The molecule has 1 rings (SSSR count). The number of rotatable bonds is 4. The molecule has 1 N–H and O–H groups in total. The van der Waals surface area contributed by atoms with E-state index in [4.69, 9.17) is 4.74 Å². The van der Waals surface area contributed by atoms with Crippen LogP contribution in [0.15, 0.2) is 0 Å². The van der Waals surface area contributed by atoms with Crippen molar-refractivity contribution in [3.8, 4) is 0 Å². The molecule has 72 valence electrons. The lowest BCUT2D eigenvalue weighted by molar-refractivity contribution is 0.0120. The van der Waals surface area contributed by atoms with E-state index in [-0.39, 0.29) is 11.4 Å². The van der Waals surface area contributed by atoms with Gasteiger partial charge in [0.25, 0.3) is 0 Å². The van der Waals surface area contributed by atoms with E-state index >= 15 is 0 Å². The third kappa shape index (κ3) is 1.97. The van der Waals surface area contributed by atoms with Crippen LogP contribution in [0.25, 0.3) is 0 Å². The molecule has 0 aromatic carbocycles. The molecule has 0 radical (unpaired) electrons. The predicted molar refractivity (Wildman–Crippen MR) is 46.4 cm³/mol. The molecule has 0 bridgehead atoms. The first kappa shape index (κ1) is 9.95. The summed E-state index contributed by atoms with van der Waals surface area (Å²) in [6, 6.07) is 0. The molecule has 1 aliphatic carbocycles. The van der Waals surface area contributed by atoms with Gasteiger partial charge in [-0.2, -0.15) is 0 Å². The average molecular weight is 193 g/mol. The third-order valence-electron chi connectivity index (χ3n) is 2.18. The first-order valence-corrected chi connectivity index (χ1v) is 5.68. The minimum Gasteiger partial charge on any atom is -0.378 e. The quantitative estimate of drug-likeness (QED) is 0.689. The van der Waals surface area contributed by atoms with E-state index in [0.717, 1.165) is 0 Å². The Morgan fingerprint density at radius 1 is 1.50 bits per heavy atom. The second-order valence-electron chi connectivity index (χ2n) is 2.92. The fourth-order valence-electron chi connectivity index (χ4n) is 1.31. The van der Waals surface area contributed by atoms with Gasteiger partial charge in [0.05, 0.1) is 11.4 Å². The molecule has 0 saturated heterocycles. The summed E-state index contributed by atoms with van der Waals surface area (Å²) in [7, 11) is -1.59. The van der Waals surface area contributed by atoms with Crippen LogP contribution in [-0.4, -0.2) is 33.4 Å². The van der Waals surface area contributed by atoms with Gasteiger partial charge in [0.1, 0.15) is 0 Å². The van der Waals surface area contributed by atoms with Gasteiger partial charge in [-0.25, -0.2) is 13.1 Å². The highest BCUT2D eigenvalue weighted by molar-refractivity contribution is 7.90. The molecular formula is C7H15NO3S. The number of ether oxygens (including phenoxy) is 1. The molecule has 0 aliphatic heterocycles. The molecule has 4 nitrogen and oxygen atoms in total. The zero-order chi connectivity index (χ0) is 9.19. The van der Waals surface area contributed by atoms with Crippen LogP contribution in [0.3, 0.4) is 0 Å². The van der Waals surface area contributed by atoms with Crippen molar-refractivity contribution < 1.29 is 13.2 Å². The molecule has 12 heavy (non-hydrogen) atoms. The largest absolute Gasteiger partial charge is 0.378 e. The minimum atomic E-state index is -3.04. The molecule has 1 fully saturated rings. The molecule has 0 atom stereocenters. The maximum atomic E-state index is 11.2. The van der Waals surface area contributed by atoms with E-state index in [9.17, 15) is 8.42 Å². The smallest absolute Gasteiger partial charge is 0.214 e. The molecule has 0 amide bonds. The van der Waals surface area contributed by atoms with Crippen LogP contribution >= 0.6 is 0 Å². The van der Waals surface area contributed by atoms with Crippen molar-refractivity contribution in [1.29, 1.82) is 0 Å². The second kappa shape index (κ2) is 3.72. The second-order valence-corrected chi connectivity index (χ2v) is 5.08. The van der Waals surface area contributed by atoms with Crippen molar-refractivity contribution in [2.75, 3.05) is 13.7 Å². The summed E-state index contributed by atoms with van der Waals surface area (Å²) in [5.41, 5.74) is 0. The number of nitrogens with one attached hydrogen (secondary N) is 1. The Balaban J connectivity index is 2.34. The summed E-state index contributed by atoms with van der Waals surface area (Å²) in [5, 5.41) is -0.237. The molecule has 1 saturated carbocycles. The topological polar surface area (TPSA) is 55.4 Å². The van der Waals surface area contributed by atoms with Crippen LogP contribution < -0.4 is 4.72 Å². The Morgan fingerprint density at radius 3 is 2.50 bits per heavy atom. The zero-order valence-electron chi connectivity index (χ0n) is 7.41. The maximum absolute atomic E-state index is 11.2. The van der Waals surface area contributed by atoms with Gasteiger partial charge in [0.15, 0.2) is 0 Å². The van der Waals surface area contributed by atoms with Crippen molar-refractivity contribution in [3.05, 3.63) is 0 Å². The van der Waals surface area contributed by atoms with Crippen LogP contribution in [0.5, 0.6) is 0 Å². The van der Waals surface area contributed by atoms with Crippen LogP contribution in [0.2, 0.25) is 0 Å². The van der Waals surface area contributed by atoms with Gasteiger partial charge in [-0.3, -0.25) is 0 Å². The van der Waals surface area contributed by atoms with Crippen LogP contribution in [0.4, 0.5) is 0 Å². The molecule has 0 heterocycles. The van der Waals surface area contributed by atoms with Crippen molar-refractivity contribution in [1.82, 2.24) is 4.72 Å². The van der Waals surface area contributed by atoms with Crippen molar-refractivity contribution in [2.45, 2.75) is 31.1 Å². The highest BCUT2D eigenvalue weighted by atomic mass is 32.2. The van der Waals surface area contributed by atoms with E-state index in [0.29, 0.717) is 19.4 Å².